The summed E-state index contributed by atoms with van der Waals surface area (Å²) in [7, 11) is 0. The predicted octanol–water partition coefficient (Wildman–Crippen LogP) is 1.39. The van der Waals surface area contributed by atoms with E-state index in [2.05, 4.69) is 26.1 Å². The number of hydrogen-bond donors (Lipinski definition) is 1. The van der Waals surface area contributed by atoms with E-state index in [4.69, 9.17) is 0 Å². The summed E-state index contributed by atoms with van der Waals surface area (Å²) in [5.74, 6) is 0.941. The molecule has 0 aromatic carbocycles. The number of thioether (sulfide) groups is 1. The molecule has 0 atom stereocenters. The second-order valence-electron chi connectivity index (χ2n) is 2.95. The Morgan fingerprint density at radius 2 is 2.46 bits per heavy atom. The number of aromatic amines is 1. The van der Waals surface area contributed by atoms with Crippen LogP contribution in [0.1, 0.15) is 18.9 Å². The molecule has 1 aromatic rings. The first-order valence-corrected chi connectivity index (χ1v) is 6.29. The van der Waals surface area contributed by atoms with Crippen LogP contribution in [0.25, 0.3) is 0 Å². The highest BCUT2D eigenvalue weighted by molar-refractivity contribution is 9.09. The lowest BCUT2D eigenvalue weighted by molar-refractivity contribution is 0.643. The van der Waals surface area contributed by atoms with Crippen molar-refractivity contribution in [2.45, 2.75) is 24.0 Å². The minimum Gasteiger partial charge on any atom is -0.267 e. The van der Waals surface area contributed by atoms with Gasteiger partial charge in [0.25, 0.3) is 0 Å². The smallest absolute Gasteiger partial charge is 0.267 e. The summed E-state index contributed by atoms with van der Waals surface area (Å²) < 4.78 is 1.77. The average Bonchev–Trinajstić information content (AvgIpc) is 2.88. The van der Waals surface area contributed by atoms with E-state index in [1.807, 2.05) is 0 Å². The first-order chi connectivity index (χ1) is 6.33. The van der Waals surface area contributed by atoms with Crippen LogP contribution in [-0.2, 0) is 0 Å². The predicted molar refractivity (Wildman–Crippen MR) is 55.6 cm³/mol. The van der Waals surface area contributed by atoms with E-state index < -0.39 is 0 Å². The van der Waals surface area contributed by atoms with Crippen molar-refractivity contribution >= 4 is 27.7 Å². The van der Waals surface area contributed by atoms with Gasteiger partial charge in [-0.25, -0.2) is 9.89 Å². The van der Waals surface area contributed by atoms with Crippen LogP contribution in [0.5, 0.6) is 0 Å². The van der Waals surface area contributed by atoms with Crippen molar-refractivity contribution in [1.82, 2.24) is 14.8 Å². The molecule has 13 heavy (non-hydrogen) atoms. The Balaban J connectivity index is 2.18. The lowest BCUT2D eigenvalue weighted by Crippen LogP contribution is -2.16. The Kier molecular flexibility index (Phi) is 2.78. The summed E-state index contributed by atoms with van der Waals surface area (Å²) in [5, 5.41) is 8.22. The van der Waals surface area contributed by atoms with Crippen LogP contribution >= 0.6 is 27.7 Å². The van der Waals surface area contributed by atoms with Crippen LogP contribution in [-0.4, -0.2) is 25.8 Å². The Morgan fingerprint density at radius 1 is 1.69 bits per heavy atom. The molecule has 1 aromatic heterocycles. The standard InChI is InChI=1S/C7H10BrN3OS/c8-3-4-13-7-10-9-6(12)11(7)5-1-2-5/h5H,1-4H2,(H,9,12). The molecule has 2 rings (SSSR count). The second kappa shape index (κ2) is 3.88. The van der Waals surface area contributed by atoms with Crippen LogP contribution in [0.2, 0.25) is 0 Å². The van der Waals surface area contributed by atoms with Crippen molar-refractivity contribution in [3.8, 4) is 0 Å². The monoisotopic (exact) mass is 263 g/mol. The molecule has 1 fully saturated rings. The zero-order valence-electron chi connectivity index (χ0n) is 6.99. The van der Waals surface area contributed by atoms with Gasteiger partial charge in [0, 0.05) is 17.1 Å². The van der Waals surface area contributed by atoms with Gasteiger partial charge in [0.1, 0.15) is 0 Å². The molecule has 0 amide bonds. The Labute approximate surface area is 88.2 Å². The van der Waals surface area contributed by atoms with Crippen LogP contribution < -0.4 is 5.69 Å². The van der Waals surface area contributed by atoms with E-state index in [9.17, 15) is 4.79 Å². The maximum Gasteiger partial charge on any atom is 0.344 e. The summed E-state index contributed by atoms with van der Waals surface area (Å²) in [5.41, 5.74) is -0.0698. The van der Waals surface area contributed by atoms with Gasteiger partial charge in [-0.1, -0.05) is 27.7 Å². The van der Waals surface area contributed by atoms with Gasteiger partial charge in [0.2, 0.25) is 0 Å². The normalized spacial score (nSPS) is 16.4. The van der Waals surface area contributed by atoms with Crippen molar-refractivity contribution < 1.29 is 0 Å². The molecule has 1 aliphatic carbocycles. The highest BCUT2D eigenvalue weighted by atomic mass is 79.9. The van der Waals surface area contributed by atoms with Crippen LogP contribution in [0.4, 0.5) is 0 Å². The molecular formula is C7H10BrN3OS. The second-order valence-corrected chi connectivity index (χ2v) is 4.81. The first kappa shape index (κ1) is 9.33. The lowest BCUT2D eigenvalue weighted by Gasteiger charge is -2.00. The maximum atomic E-state index is 11.3. The number of nitrogens with zero attached hydrogens (tertiary/aromatic N) is 2. The third-order valence-electron chi connectivity index (χ3n) is 1.89. The largest absolute Gasteiger partial charge is 0.344 e. The lowest BCUT2D eigenvalue weighted by atomic mass is 10.7. The third-order valence-corrected chi connectivity index (χ3v) is 3.77. The summed E-state index contributed by atoms with van der Waals surface area (Å²) in [6, 6.07) is 0.407. The highest BCUT2D eigenvalue weighted by Gasteiger charge is 2.28. The summed E-state index contributed by atoms with van der Waals surface area (Å²) in [4.78, 5) is 11.3. The number of aromatic nitrogens is 3. The minimum atomic E-state index is -0.0698. The van der Waals surface area contributed by atoms with Gasteiger partial charge in [0.15, 0.2) is 5.16 Å². The zero-order valence-corrected chi connectivity index (χ0v) is 9.40. The SMILES string of the molecule is O=c1[nH]nc(SCCBr)n1C1CC1. The number of alkyl halides is 1. The number of hydrogen-bond acceptors (Lipinski definition) is 3. The van der Waals surface area contributed by atoms with E-state index in [1.54, 1.807) is 16.3 Å². The van der Waals surface area contributed by atoms with Gasteiger partial charge in [-0.05, 0) is 12.8 Å². The van der Waals surface area contributed by atoms with Gasteiger partial charge in [-0.15, -0.1) is 5.10 Å². The Morgan fingerprint density at radius 3 is 3.08 bits per heavy atom. The zero-order chi connectivity index (χ0) is 9.26. The van der Waals surface area contributed by atoms with Crippen molar-refractivity contribution in [3.63, 3.8) is 0 Å². The van der Waals surface area contributed by atoms with E-state index in [-0.39, 0.29) is 5.69 Å². The summed E-state index contributed by atoms with van der Waals surface area (Å²) in [6.45, 7) is 0. The van der Waals surface area contributed by atoms with Crippen LogP contribution in [0.15, 0.2) is 9.95 Å². The fourth-order valence-corrected chi connectivity index (χ4v) is 2.40. The number of H-pyrrole nitrogens is 1. The van der Waals surface area contributed by atoms with Crippen molar-refractivity contribution in [3.05, 3.63) is 10.5 Å². The van der Waals surface area contributed by atoms with Crippen LogP contribution in [0.3, 0.4) is 0 Å². The fraction of sp³-hybridized carbons (Fsp3) is 0.714. The van der Waals surface area contributed by atoms with Crippen molar-refractivity contribution in [1.29, 1.82) is 0 Å². The first-order valence-electron chi connectivity index (χ1n) is 4.18. The molecule has 0 aliphatic heterocycles. The van der Waals surface area contributed by atoms with E-state index in [1.165, 1.54) is 0 Å². The molecule has 0 spiro atoms. The molecule has 0 saturated heterocycles. The molecule has 0 radical (unpaired) electrons. The van der Waals surface area contributed by atoms with E-state index in [0.717, 1.165) is 29.1 Å². The summed E-state index contributed by atoms with van der Waals surface area (Å²) >= 11 is 4.95. The van der Waals surface area contributed by atoms with Gasteiger partial charge < -0.3 is 0 Å². The Bertz CT molecular complexity index is 344. The van der Waals surface area contributed by atoms with Gasteiger partial charge in [0.05, 0.1) is 0 Å². The molecule has 72 valence electrons. The van der Waals surface area contributed by atoms with E-state index in [0.29, 0.717) is 6.04 Å². The molecule has 1 N–H and O–H groups in total. The molecule has 4 nitrogen and oxygen atoms in total. The van der Waals surface area contributed by atoms with Gasteiger partial charge in [-0.3, -0.25) is 4.57 Å². The van der Waals surface area contributed by atoms with Crippen LogP contribution in [0, 0.1) is 0 Å². The average molecular weight is 264 g/mol. The highest BCUT2D eigenvalue weighted by Crippen LogP contribution is 2.35. The molecule has 1 saturated carbocycles. The molecule has 0 unspecified atom stereocenters. The number of nitrogens with one attached hydrogen (secondary N) is 1. The molecule has 1 heterocycles. The fourth-order valence-electron chi connectivity index (χ4n) is 1.18. The van der Waals surface area contributed by atoms with Crippen molar-refractivity contribution in [2.24, 2.45) is 0 Å². The minimum absolute atomic E-state index is 0.0698. The Hall–Kier alpha value is -0.230. The molecule has 6 heteroatoms. The van der Waals surface area contributed by atoms with E-state index >= 15 is 0 Å². The van der Waals surface area contributed by atoms with Crippen molar-refractivity contribution in [2.75, 3.05) is 11.1 Å². The maximum absolute atomic E-state index is 11.3. The topological polar surface area (TPSA) is 50.7 Å². The third kappa shape index (κ3) is 1.99. The number of halogens is 1. The molecular weight excluding hydrogens is 254 g/mol. The molecule has 1 aliphatic rings. The number of rotatable bonds is 4. The van der Waals surface area contributed by atoms with Gasteiger partial charge >= 0.3 is 5.69 Å². The van der Waals surface area contributed by atoms with Gasteiger partial charge in [-0.2, -0.15) is 0 Å². The molecule has 0 bridgehead atoms. The quantitative estimate of drug-likeness (QED) is 0.660. The summed E-state index contributed by atoms with van der Waals surface area (Å²) in [6.07, 6.45) is 2.22.